The summed E-state index contributed by atoms with van der Waals surface area (Å²) in [5, 5.41) is 1.86. The first kappa shape index (κ1) is 18.7. The lowest BCUT2D eigenvalue weighted by atomic mass is 10.1. The second-order valence-electron chi connectivity index (χ2n) is 4.83. The van der Waals surface area contributed by atoms with Crippen LogP contribution in [0, 0.1) is 0 Å². The average molecular weight is 326 g/mol. The van der Waals surface area contributed by atoms with Gasteiger partial charge in [0.25, 0.3) is 5.66 Å². The lowest BCUT2D eigenvalue weighted by Crippen LogP contribution is -2.75. The van der Waals surface area contributed by atoms with Crippen LogP contribution in [-0.2, 0) is 19.1 Å². The summed E-state index contributed by atoms with van der Waals surface area (Å²) in [6.07, 6.45) is -4.76. The van der Waals surface area contributed by atoms with Crippen molar-refractivity contribution >= 4 is 11.9 Å². The van der Waals surface area contributed by atoms with Crippen molar-refractivity contribution in [1.82, 2.24) is 10.2 Å². The smallest absolute Gasteiger partial charge is 0.436 e. The van der Waals surface area contributed by atoms with Gasteiger partial charge in [0.05, 0.1) is 19.8 Å². The maximum atomic E-state index is 13.7. The predicted molar refractivity (Wildman–Crippen MR) is 70.9 cm³/mol. The molecule has 0 aromatic heterocycles. The molecule has 1 heterocycles. The highest BCUT2D eigenvalue weighted by Gasteiger charge is 2.66. The van der Waals surface area contributed by atoms with Gasteiger partial charge in [0.2, 0.25) is 5.91 Å². The third-order valence-electron chi connectivity index (χ3n) is 3.26. The van der Waals surface area contributed by atoms with Crippen molar-refractivity contribution in [1.29, 1.82) is 0 Å². The van der Waals surface area contributed by atoms with Crippen LogP contribution in [0.25, 0.3) is 0 Å². The first-order chi connectivity index (χ1) is 10.3. The number of hydrogen-bond acceptors (Lipinski definition) is 5. The second kappa shape index (κ2) is 7.77. The summed E-state index contributed by atoms with van der Waals surface area (Å²) >= 11 is 0. The molecule has 0 unspecified atom stereocenters. The summed E-state index contributed by atoms with van der Waals surface area (Å²) in [5.74, 6) is -2.37. The van der Waals surface area contributed by atoms with Crippen molar-refractivity contribution in [3.63, 3.8) is 0 Å². The SMILES string of the molecule is CCCC(=O)N[C@@](C(=O)OCC)(N1CCOCC1)C(F)(F)F. The molecule has 22 heavy (non-hydrogen) atoms. The van der Waals surface area contributed by atoms with Gasteiger partial charge in [0, 0.05) is 19.5 Å². The molecule has 6 nitrogen and oxygen atoms in total. The van der Waals surface area contributed by atoms with Gasteiger partial charge in [-0.05, 0) is 13.3 Å². The lowest BCUT2D eigenvalue weighted by molar-refractivity contribution is -0.255. The Morgan fingerprint density at radius 2 is 1.82 bits per heavy atom. The van der Waals surface area contributed by atoms with Gasteiger partial charge < -0.3 is 14.8 Å². The van der Waals surface area contributed by atoms with E-state index in [2.05, 4.69) is 4.74 Å². The number of esters is 1. The van der Waals surface area contributed by atoms with Gasteiger partial charge in [-0.2, -0.15) is 13.2 Å². The largest absolute Gasteiger partial charge is 0.463 e. The molecule has 1 saturated heterocycles. The van der Waals surface area contributed by atoms with Gasteiger partial charge in [-0.3, -0.25) is 9.69 Å². The molecule has 0 bridgehead atoms. The van der Waals surface area contributed by atoms with E-state index in [1.165, 1.54) is 6.92 Å². The molecule has 1 atom stereocenters. The molecule has 0 radical (unpaired) electrons. The van der Waals surface area contributed by atoms with Gasteiger partial charge in [-0.25, -0.2) is 4.79 Å². The Bertz CT molecular complexity index is 397. The minimum Gasteiger partial charge on any atom is -0.463 e. The lowest BCUT2D eigenvalue weighted by Gasteiger charge is -2.44. The number of rotatable bonds is 6. The number of ether oxygens (including phenoxy) is 2. The molecule has 1 fully saturated rings. The van der Waals surface area contributed by atoms with Crippen molar-refractivity contribution in [3.05, 3.63) is 0 Å². The number of halogens is 3. The third kappa shape index (κ3) is 3.89. The molecular formula is C13H21F3N2O4. The third-order valence-corrected chi connectivity index (χ3v) is 3.26. The highest BCUT2D eigenvalue weighted by atomic mass is 19.4. The molecule has 1 rings (SSSR count). The molecule has 128 valence electrons. The fourth-order valence-electron chi connectivity index (χ4n) is 2.25. The van der Waals surface area contributed by atoms with Crippen molar-refractivity contribution in [3.8, 4) is 0 Å². The van der Waals surface area contributed by atoms with Crippen LogP contribution in [0.5, 0.6) is 0 Å². The van der Waals surface area contributed by atoms with E-state index in [4.69, 9.17) is 4.74 Å². The van der Waals surface area contributed by atoms with Gasteiger partial charge >= 0.3 is 12.1 Å². The molecule has 1 N–H and O–H groups in total. The Labute approximate surface area is 126 Å². The highest BCUT2D eigenvalue weighted by Crippen LogP contribution is 2.35. The molecule has 1 aliphatic heterocycles. The molecule has 0 aromatic carbocycles. The zero-order valence-electron chi connectivity index (χ0n) is 12.7. The Balaban J connectivity index is 3.22. The number of carbonyl (C=O) groups is 2. The molecule has 0 aliphatic carbocycles. The minimum atomic E-state index is -5.01. The molecule has 0 spiro atoms. The highest BCUT2D eigenvalue weighted by molar-refractivity contribution is 5.88. The monoisotopic (exact) mass is 326 g/mol. The summed E-state index contributed by atoms with van der Waals surface area (Å²) in [5.41, 5.74) is -3.17. The van der Waals surface area contributed by atoms with Crippen LogP contribution in [0.4, 0.5) is 13.2 Å². The minimum absolute atomic E-state index is 0.0425. The number of carbonyl (C=O) groups excluding carboxylic acids is 2. The Kier molecular flexibility index (Phi) is 6.61. The zero-order valence-corrected chi connectivity index (χ0v) is 12.7. The summed E-state index contributed by atoms with van der Waals surface area (Å²) in [6.45, 7) is 2.67. The normalized spacial score (nSPS) is 19.3. The topological polar surface area (TPSA) is 67.9 Å². The molecule has 1 amide bonds. The molecule has 9 heteroatoms. The van der Waals surface area contributed by atoms with E-state index in [1.54, 1.807) is 6.92 Å². The molecule has 0 aromatic rings. The number of alkyl halides is 3. The zero-order chi connectivity index (χ0) is 16.8. The first-order valence-corrected chi connectivity index (χ1v) is 7.17. The number of hydrogen-bond donors (Lipinski definition) is 1. The Morgan fingerprint density at radius 1 is 1.23 bits per heavy atom. The van der Waals surface area contributed by atoms with E-state index in [-0.39, 0.29) is 39.3 Å². The van der Waals surface area contributed by atoms with E-state index in [9.17, 15) is 22.8 Å². The predicted octanol–water partition coefficient (Wildman–Crippen LogP) is 1.06. The summed E-state index contributed by atoms with van der Waals surface area (Å²) in [7, 11) is 0. The van der Waals surface area contributed by atoms with Crippen LogP contribution < -0.4 is 5.32 Å². The van der Waals surface area contributed by atoms with Crippen molar-refractivity contribution in [2.75, 3.05) is 32.9 Å². The van der Waals surface area contributed by atoms with Crippen molar-refractivity contribution in [2.24, 2.45) is 0 Å². The second-order valence-corrected chi connectivity index (χ2v) is 4.83. The quantitative estimate of drug-likeness (QED) is 0.739. The number of nitrogens with one attached hydrogen (secondary N) is 1. The van der Waals surface area contributed by atoms with Gasteiger partial charge in [0.15, 0.2) is 0 Å². The molecule has 0 saturated carbocycles. The van der Waals surface area contributed by atoms with Crippen LogP contribution in [0.3, 0.4) is 0 Å². The van der Waals surface area contributed by atoms with E-state index < -0.39 is 23.7 Å². The number of amides is 1. The van der Waals surface area contributed by atoms with E-state index in [1.807, 2.05) is 5.32 Å². The maximum absolute atomic E-state index is 13.7. The van der Waals surface area contributed by atoms with Crippen LogP contribution in [0.2, 0.25) is 0 Å². The van der Waals surface area contributed by atoms with Crippen LogP contribution in [0.15, 0.2) is 0 Å². The number of morpholine rings is 1. The van der Waals surface area contributed by atoms with Gasteiger partial charge in [0.1, 0.15) is 0 Å². The van der Waals surface area contributed by atoms with Crippen LogP contribution in [-0.4, -0.2) is 61.5 Å². The van der Waals surface area contributed by atoms with Crippen molar-refractivity contribution < 1.29 is 32.2 Å². The van der Waals surface area contributed by atoms with E-state index in [0.717, 1.165) is 4.90 Å². The number of nitrogens with zero attached hydrogens (tertiary/aromatic N) is 1. The summed E-state index contributed by atoms with van der Waals surface area (Å²) < 4.78 is 50.8. The maximum Gasteiger partial charge on any atom is 0.436 e. The summed E-state index contributed by atoms with van der Waals surface area (Å²) in [6, 6.07) is 0. The standard InChI is InChI=1S/C13H21F3N2O4/c1-3-5-10(19)17-12(13(14,15)16,11(20)22-4-2)18-6-8-21-9-7-18/h3-9H2,1-2H3,(H,17,19)/t12-/m0/s1. The average Bonchev–Trinajstić information content (AvgIpc) is 2.45. The van der Waals surface area contributed by atoms with Crippen LogP contribution >= 0.6 is 0 Å². The van der Waals surface area contributed by atoms with Crippen molar-refractivity contribution in [2.45, 2.75) is 38.5 Å². The molecular weight excluding hydrogens is 305 g/mol. The van der Waals surface area contributed by atoms with E-state index in [0.29, 0.717) is 6.42 Å². The fourth-order valence-corrected chi connectivity index (χ4v) is 2.25. The fraction of sp³-hybridized carbons (Fsp3) is 0.846. The molecule has 1 aliphatic rings. The van der Waals surface area contributed by atoms with Gasteiger partial charge in [-0.15, -0.1) is 0 Å². The van der Waals surface area contributed by atoms with Gasteiger partial charge in [-0.1, -0.05) is 6.92 Å². The first-order valence-electron chi connectivity index (χ1n) is 7.17. The Morgan fingerprint density at radius 3 is 2.27 bits per heavy atom. The van der Waals surface area contributed by atoms with Crippen LogP contribution in [0.1, 0.15) is 26.7 Å². The summed E-state index contributed by atoms with van der Waals surface area (Å²) in [4.78, 5) is 24.8. The van der Waals surface area contributed by atoms with E-state index >= 15 is 0 Å². The Hall–Kier alpha value is -1.35.